The summed E-state index contributed by atoms with van der Waals surface area (Å²) in [5.74, 6) is -3.03. The van der Waals surface area contributed by atoms with Gasteiger partial charge in [-0.25, -0.2) is 18.3 Å². The number of esters is 1. The molecule has 2 aromatic rings. The fraction of sp³-hybridized carbons (Fsp3) is 0.231. The Morgan fingerprint density at radius 2 is 2.20 bits per heavy atom. The smallest absolute Gasteiger partial charge is 0.358 e. The SMILES string of the molecule is CCOC(=O)c1cc(O)n(Cc2cccc(F)c2F)n1. The Balaban J connectivity index is 2.26. The number of carbonyl (C=O) groups excluding carboxylic acids is 1. The van der Waals surface area contributed by atoms with Crippen LogP contribution < -0.4 is 0 Å². The second kappa shape index (κ2) is 5.68. The van der Waals surface area contributed by atoms with Crippen molar-refractivity contribution in [3.8, 4) is 5.88 Å². The number of hydrogen-bond acceptors (Lipinski definition) is 4. The van der Waals surface area contributed by atoms with Crippen molar-refractivity contribution in [2.75, 3.05) is 6.61 Å². The summed E-state index contributed by atoms with van der Waals surface area (Å²) < 4.78 is 32.3. The Labute approximate surface area is 113 Å². The zero-order chi connectivity index (χ0) is 14.7. The molecule has 0 amide bonds. The Morgan fingerprint density at radius 1 is 1.45 bits per heavy atom. The number of benzene rings is 1. The van der Waals surface area contributed by atoms with Crippen LogP contribution in [-0.2, 0) is 11.3 Å². The van der Waals surface area contributed by atoms with Gasteiger partial charge in [-0.1, -0.05) is 12.1 Å². The number of aromatic nitrogens is 2. The normalized spacial score (nSPS) is 10.6. The molecule has 20 heavy (non-hydrogen) atoms. The van der Waals surface area contributed by atoms with Crippen molar-refractivity contribution in [2.45, 2.75) is 13.5 Å². The zero-order valence-electron chi connectivity index (χ0n) is 10.6. The van der Waals surface area contributed by atoms with E-state index in [1.165, 1.54) is 12.1 Å². The van der Waals surface area contributed by atoms with Crippen LogP contribution in [0, 0.1) is 11.6 Å². The zero-order valence-corrected chi connectivity index (χ0v) is 10.6. The predicted molar refractivity (Wildman–Crippen MR) is 65.3 cm³/mol. The highest BCUT2D eigenvalue weighted by atomic mass is 19.2. The standard InChI is InChI=1S/C13H12F2N2O3/c1-2-20-13(19)10-6-11(18)17(16-10)7-8-4-3-5-9(14)12(8)15/h3-6,18H,2,7H2,1H3. The molecule has 1 aromatic heterocycles. The fourth-order valence-electron chi connectivity index (χ4n) is 1.66. The van der Waals surface area contributed by atoms with Crippen LogP contribution in [0.25, 0.3) is 0 Å². The number of hydrogen-bond donors (Lipinski definition) is 1. The molecular formula is C13H12F2N2O3. The first-order valence-corrected chi connectivity index (χ1v) is 5.89. The molecule has 2 rings (SSSR count). The van der Waals surface area contributed by atoms with Gasteiger partial charge in [0.2, 0.25) is 5.88 Å². The lowest BCUT2D eigenvalue weighted by atomic mass is 10.2. The number of aromatic hydroxyl groups is 1. The molecule has 0 radical (unpaired) electrons. The highest BCUT2D eigenvalue weighted by Crippen LogP contribution is 2.17. The van der Waals surface area contributed by atoms with Gasteiger partial charge in [-0.05, 0) is 13.0 Å². The highest BCUT2D eigenvalue weighted by Gasteiger charge is 2.16. The van der Waals surface area contributed by atoms with Crippen molar-refractivity contribution < 1.29 is 23.4 Å². The highest BCUT2D eigenvalue weighted by molar-refractivity contribution is 5.87. The lowest BCUT2D eigenvalue weighted by Gasteiger charge is -2.05. The molecule has 5 nitrogen and oxygen atoms in total. The molecule has 1 heterocycles. The number of halogens is 2. The van der Waals surface area contributed by atoms with E-state index in [-0.39, 0.29) is 30.3 Å². The van der Waals surface area contributed by atoms with Gasteiger partial charge < -0.3 is 9.84 Å². The molecule has 0 spiro atoms. The summed E-state index contributed by atoms with van der Waals surface area (Å²) in [4.78, 5) is 11.4. The summed E-state index contributed by atoms with van der Waals surface area (Å²) in [5.41, 5.74) is -0.0834. The van der Waals surface area contributed by atoms with Gasteiger partial charge >= 0.3 is 5.97 Å². The monoisotopic (exact) mass is 282 g/mol. The lowest BCUT2D eigenvalue weighted by Crippen LogP contribution is -2.09. The van der Waals surface area contributed by atoms with Crippen LogP contribution in [0.1, 0.15) is 23.0 Å². The van der Waals surface area contributed by atoms with E-state index in [1.54, 1.807) is 6.92 Å². The van der Waals surface area contributed by atoms with Crippen LogP contribution in [0.4, 0.5) is 8.78 Å². The van der Waals surface area contributed by atoms with Gasteiger partial charge in [0.1, 0.15) is 0 Å². The summed E-state index contributed by atoms with van der Waals surface area (Å²) >= 11 is 0. The predicted octanol–water partition coefficient (Wildman–Crippen LogP) is 2.09. The maximum atomic E-state index is 13.5. The van der Waals surface area contributed by atoms with Gasteiger partial charge in [0.25, 0.3) is 0 Å². The first-order chi connectivity index (χ1) is 9.52. The molecule has 0 aliphatic carbocycles. The molecule has 1 aromatic carbocycles. The van der Waals surface area contributed by atoms with E-state index in [2.05, 4.69) is 5.10 Å². The Morgan fingerprint density at radius 3 is 2.90 bits per heavy atom. The Hall–Kier alpha value is -2.44. The average molecular weight is 282 g/mol. The fourth-order valence-corrected chi connectivity index (χ4v) is 1.66. The van der Waals surface area contributed by atoms with E-state index in [9.17, 15) is 18.7 Å². The van der Waals surface area contributed by atoms with E-state index >= 15 is 0 Å². The van der Waals surface area contributed by atoms with E-state index in [0.29, 0.717) is 0 Å². The third-order valence-corrected chi connectivity index (χ3v) is 2.59. The van der Waals surface area contributed by atoms with Crippen molar-refractivity contribution >= 4 is 5.97 Å². The molecule has 0 fully saturated rings. The number of rotatable bonds is 4. The third-order valence-electron chi connectivity index (χ3n) is 2.59. The maximum absolute atomic E-state index is 13.5. The van der Waals surface area contributed by atoms with Gasteiger partial charge in [0.15, 0.2) is 17.3 Å². The number of nitrogens with zero attached hydrogens (tertiary/aromatic N) is 2. The van der Waals surface area contributed by atoms with Crippen LogP contribution in [0.3, 0.4) is 0 Å². The van der Waals surface area contributed by atoms with Crippen LogP contribution in [0.15, 0.2) is 24.3 Å². The average Bonchev–Trinajstić information content (AvgIpc) is 2.77. The van der Waals surface area contributed by atoms with E-state index < -0.39 is 17.6 Å². The minimum absolute atomic E-state index is 0.0128. The molecule has 0 aliphatic rings. The topological polar surface area (TPSA) is 64.3 Å². The number of ether oxygens (including phenoxy) is 1. The number of carbonyl (C=O) groups is 1. The Bertz CT molecular complexity index is 641. The minimum Gasteiger partial charge on any atom is -0.493 e. The lowest BCUT2D eigenvalue weighted by molar-refractivity contribution is 0.0518. The molecule has 0 saturated carbocycles. The summed E-state index contributed by atoms with van der Waals surface area (Å²) in [6, 6.07) is 4.81. The quantitative estimate of drug-likeness (QED) is 0.872. The molecule has 7 heteroatoms. The van der Waals surface area contributed by atoms with E-state index in [1.807, 2.05) is 0 Å². The Kier molecular flexibility index (Phi) is 3.97. The molecule has 0 atom stereocenters. The molecule has 1 N–H and O–H groups in total. The van der Waals surface area contributed by atoms with Gasteiger partial charge in [0, 0.05) is 11.6 Å². The van der Waals surface area contributed by atoms with Gasteiger partial charge in [0.05, 0.1) is 13.2 Å². The van der Waals surface area contributed by atoms with Crippen LogP contribution in [-0.4, -0.2) is 27.5 Å². The third kappa shape index (κ3) is 2.76. The van der Waals surface area contributed by atoms with Gasteiger partial charge in [-0.3, -0.25) is 0 Å². The van der Waals surface area contributed by atoms with Gasteiger partial charge in [-0.2, -0.15) is 5.10 Å². The summed E-state index contributed by atoms with van der Waals surface area (Å²) in [5, 5.41) is 13.4. The van der Waals surface area contributed by atoms with E-state index in [0.717, 1.165) is 16.8 Å². The van der Waals surface area contributed by atoms with Crippen molar-refractivity contribution in [3.05, 3.63) is 47.2 Å². The van der Waals surface area contributed by atoms with Crippen LogP contribution in [0.5, 0.6) is 5.88 Å². The molecule has 0 bridgehead atoms. The van der Waals surface area contributed by atoms with Gasteiger partial charge in [-0.15, -0.1) is 0 Å². The first-order valence-electron chi connectivity index (χ1n) is 5.89. The van der Waals surface area contributed by atoms with Crippen molar-refractivity contribution in [3.63, 3.8) is 0 Å². The maximum Gasteiger partial charge on any atom is 0.358 e. The van der Waals surface area contributed by atoms with Crippen molar-refractivity contribution in [2.24, 2.45) is 0 Å². The van der Waals surface area contributed by atoms with Crippen molar-refractivity contribution in [1.29, 1.82) is 0 Å². The van der Waals surface area contributed by atoms with Crippen molar-refractivity contribution in [1.82, 2.24) is 9.78 Å². The second-order valence-corrected chi connectivity index (χ2v) is 3.98. The molecule has 0 unspecified atom stereocenters. The molecule has 106 valence electrons. The summed E-state index contributed by atoms with van der Waals surface area (Å²) in [7, 11) is 0. The molecule has 0 aliphatic heterocycles. The largest absolute Gasteiger partial charge is 0.493 e. The first kappa shape index (κ1) is 14.0. The minimum atomic E-state index is -1.01. The second-order valence-electron chi connectivity index (χ2n) is 3.98. The molecular weight excluding hydrogens is 270 g/mol. The van der Waals surface area contributed by atoms with Crippen LogP contribution in [0.2, 0.25) is 0 Å². The van der Waals surface area contributed by atoms with E-state index in [4.69, 9.17) is 4.74 Å². The van der Waals surface area contributed by atoms with Crippen LogP contribution >= 0.6 is 0 Å². The summed E-state index contributed by atoms with van der Waals surface area (Å²) in [6.07, 6.45) is 0. The molecule has 0 saturated heterocycles. The summed E-state index contributed by atoms with van der Waals surface area (Å²) in [6.45, 7) is 1.61.